The lowest BCUT2D eigenvalue weighted by Gasteiger charge is -2.35. The Balaban J connectivity index is 2.89. The molecule has 1 aromatic heterocycles. The van der Waals surface area contributed by atoms with E-state index in [1.165, 1.54) is 4.88 Å². The Labute approximate surface area is 121 Å². The van der Waals surface area contributed by atoms with Crippen molar-refractivity contribution in [3.05, 3.63) is 22.4 Å². The van der Waals surface area contributed by atoms with Crippen LogP contribution in [0.3, 0.4) is 0 Å². The fraction of sp³-hybridized carbons (Fsp3) is 0.733. The summed E-state index contributed by atoms with van der Waals surface area (Å²) in [4.78, 5) is 3.85. The Hall–Kier alpha value is -0.420. The molecule has 110 valence electrons. The number of ether oxygens (including phenoxy) is 1. The molecule has 0 spiro atoms. The predicted molar refractivity (Wildman–Crippen MR) is 83.6 cm³/mol. The molecule has 1 rings (SSSR count). The van der Waals surface area contributed by atoms with Crippen LogP contribution in [0.5, 0.6) is 0 Å². The maximum absolute atomic E-state index is 6.38. The number of methoxy groups -OCH3 is 1. The first-order valence-electron chi connectivity index (χ1n) is 7.12. The summed E-state index contributed by atoms with van der Waals surface area (Å²) >= 11 is 1.80. The molecule has 1 heterocycles. The highest BCUT2D eigenvalue weighted by Gasteiger charge is 2.26. The van der Waals surface area contributed by atoms with Gasteiger partial charge >= 0.3 is 0 Å². The van der Waals surface area contributed by atoms with Gasteiger partial charge in [0.15, 0.2) is 0 Å². The van der Waals surface area contributed by atoms with Crippen molar-refractivity contribution in [3.8, 4) is 0 Å². The van der Waals surface area contributed by atoms with Crippen LogP contribution in [0.25, 0.3) is 0 Å². The summed E-state index contributed by atoms with van der Waals surface area (Å²) in [5.74, 6) is 0.628. The quantitative estimate of drug-likeness (QED) is 0.757. The Morgan fingerprint density at radius 3 is 2.63 bits per heavy atom. The lowest BCUT2D eigenvalue weighted by Crippen LogP contribution is -2.43. The number of rotatable bonds is 9. The van der Waals surface area contributed by atoms with Crippen LogP contribution in [-0.4, -0.2) is 37.7 Å². The van der Waals surface area contributed by atoms with Crippen LogP contribution < -0.4 is 5.73 Å². The maximum Gasteiger partial charge on any atom is 0.0594 e. The van der Waals surface area contributed by atoms with E-state index in [-0.39, 0.29) is 6.04 Å². The van der Waals surface area contributed by atoms with E-state index < -0.39 is 0 Å². The van der Waals surface area contributed by atoms with Crippen LogP contribution in [0.4, 0.5) is 0 Å². The van der Waals surface area contributed by atoms with E-state index in [1.807, 2.05) is 0 Å². The van der Waals surface area contributed by atoms with E-state index in [4.69, 9.17) is 10.5 Å². The molecule has 2 unspecified atom stereocenters. The molecule has 2 N–H and O–H groups in total. The molecule has 3 nitrogen and oxygen atoms in total. The molecule has 0 fully saturated rings. The van der Waals surface area contributed by atoms with Crippen LogP contribution in [0.15, 0.2) is 17.5 Å². The van der Waals surface area contributed by atoms with Gasteiger partial charge in [-0.15, -0.1) is 11.3 Å². The average molecular weight is 284 g/mol. The molecule has 0 aromatic carbocycles. The van der Waals surface area contributed by atoms with Crippen molar-refractivity contribution < 1.29 is 4.74 Å². The summed E-state index contributed by atoms with van der Waals surface area (Å²) in [5, 5.41) is 2.13. The first-order valence-corrected chi connectivity index (χ1v) is 8.00. The van der Waals surface area contributed by atoms with Gasteiger partial charge in [0, 0.05) is 31.1 Å². The molecular weight excluding hydrogens is 256 g/mol. The largest absolute Gasteiger partial charge is 0.383 e. The van der Waals surface area contributed by atoms with Crippen LogP contribution in [0, 0.1) is 5.92 Å². The zero-order valence-electron chi connectivity index (χ0n) is 12.6. The molecule has 1 aromatic rings. The van der Waals surface area contributed by atoms with Gasteiger partial charge < -0.3 is 10.5 Å². The second-order valence-corrected chi connectivity index (χ2v) is 6.39. The van der Waals surface area contributed by atoms with Gasteiger partial charge in [0.25, 0.3) is 0 Å². The summed E-state index contributed by atoms with van der Waals surface area (Å²) < 4.78 is 5.26. The Bertz CT molecular complexity index is 327. The summed E-state index contributed by atoms with van der Waals surface area (Å²) in [6.45, 7) is 9.41. The maximum atomic E-state index is 6.38. The van der Waals surface area contributed by atoms with Gasteiger partial charge in [-0.1, -0.05) is 26.8 Å². The topological polar surface area (TPSA) is 38.5 Å². The molecule has 0 aliphatic carbocycles. The van der Waals surface area contributed by atoms with Crippen LogP contribution in [0.1, 0.15) is 38.1 Å². The van der Waals surface area contributed by atoms with Crippen molar-refractivity contribution in [2.45, 2.75) is 39.3 Å². The van der Waals surface area contributed by atoms with E-state index in [9.17, 15) is 0 Å². The highest BCUT2D eigenvalue weighted by molar-refractivity contribution is 7.10. The van der Waals surface area contributed by atoms with Gasteiger partial charge in [-0.2, -0.15) is 0 Å². The lowest BCUT2D eigenvalue weighted by molar-refractivity contribution is 0.0989. The van der Waals surface area contributed by atoms with Gasteiger partial charge in [0.05, 0.1) is 12.6 Å². The molecule has 0 aliphatic rings. The third kappa shape index (κ3) is 5.22. The zero-order valence-corrected chi connectivity index (χ0v) is 13.5. The fourth-order valence-corrected chi connectivity index (χ4v) is 3.30. The van der Waals surface area contributed by atoms with Gasteiger partial charge in [-0.3, -0.25) is 4.90 Å². The van der Waals surface area contributed by atoms with E-state index >= 15 is 0 Å². The Morgan fingerprint density at radius 2 is 2.16 bits per heavy atom. The minimum atomic E-state index is 0.175. The highest BCUT2D eigenvalue weighted by atomic mass is 32.1. The molecule has 0 saturated heterocycles. The van der Waals surface area contributed by atoms with Crippen molar-refractivity contribution in [2.24, 2.45) is 11.7 Å². The summed E-state index contributed by atoms with van der Waals surface area (Å²) in [5.41, 5.74) is 6.38. The Kier molecular flexibility index (Phi) is 7.61. The van der Waals surface area contributed by atoms with Gasteiger partial charge in [-0.05, 0) is 23.8 Å². The SMILES string of the molecule is CCC(N)C(c1cccs1)N(CCOC)CC(C)C. The zero-order chi connectivity index (χ0) is 14.3. The first kappa shape index (κ1) is 16.6. The minimum Gasteiger partial charge on any atom is -0.383 e. The van der Waals surface area contributed by atoms with E-state index in [1.54, 1.807) is 18.4 Å². The molecule has 2 atom stereocenters. The standard InChI is InChI=1S/C15H28N2OS/c1-5-13(16)15(14-7-6-10-19-14)17(8-9-18-4)11-12(2)3/h6-7,10,12-13,15H,5,8-9,11,16H2,1-4H3. The van der Waals surface area contributed by atoms with Crippen molar-refractivity contribution in [1.82, 2.24) is 4.90 Å². The summed E-state index contributed by atoms with van der Waals surface area (Å²) in [6.07, 6.45) is 0.990. The van der Waals surface area contributed by atoms with Crippen molar-refractivity contribution in [2.75, 3.05) is 26.8 Å². The third-order valence-electron chi connectivity index (χ3n) is 3.29. The lowest BCUT2D eigenvalue weighted by atomic mass is 10.0. The van der Waals surface area contributed by atoms with Gasteiger partial charge in [0.1, 0.15) is 0 Å². The summed E-state index contributed by atoms with van der Waals surface area (Å²) in [6, 6.07) is 4.79. The van der Waals surface area contributed by atoms with Gasteiger partial charge in [-0.25, -0.2) is 0 Å². The van der Waals surface area contributed by atoms with E-state index in [2.05, 4.69) is 43.2 Å². The van der Waals surface area contributed by atoms with Crippen molar-refractivity contribution in [1.29, 1.82) is 0 Å². The van der Waals surface area contributed by atoms with Crippen molar-refractivity contribution in [3.63, 3.8) is 0 Å². The molecule has 0 saturated carbocycles. The van der Waals surface area contributed by atoms with Gasteiger partial charge in [0.2, 0.25) is 0 Å². The normalized spacial score (nSPS) is 15.1. The molecule has 19 heavy (non-hydrogen) atoms. The summed E-state index contributed by atoms with van der Waals surface area (Å²) in [7, 11) is 1.76. The number of hydrogen-bond donors (Lipinski definition) is 1. The molecule has 0 amide bonds. The monoisotopic (exact) mass is 284 g/mol. The highest BCUT2D eigenvalue weighted by Crippen LogP contribution is 2.29. The molecule has 4 heteroatoms. The molecule has 0 aliphatic heterocycles. The number of nitrogens with two attached hydrogens (primary N) is 1. The first-order chi connectivity index (χ1) is 9.10. The molecular formula is C15H28N2OS. The van der Waals surface area contributed by atoms with E-state index in [0.29, 0.717) is 12.0 Å². The second-order valence-electron chi connectivity index (χ2n) is 5.41. The third-order valence-corrected chi connectivity index (χ3v) is 4.23. The van der Waals surface area contributed by atoms with E-state index in [0.717, 1.165) is 26.1 Å². The van der Waals surface area contributed by atoms with Crippen LogP contribution >= 0.6 is 11.3 Å². The van der Waals surface area contributed by atoms with Crippen LogP contribution in [-0.2, 0) is 4.74 Å². The fourth-order valence-electron chi connectivity index (χ4n) is 2.37. The molecule has 0 bridgehead atoms. The number of nitrogens with zero attached hydrogens (tertiary/aromatic N) is 1. The average Bonchev–Trinajstić information content (AvgIpc) is 2.88. The predicted octanol–water partition coefficient (Wildman–Crippen LogP) is 3.13. The van der Waals surface area contributed by atoms with Crippen molar-refractivity contribution >= 4 is 11.3 Å². The number of hydrogen-bond acceptors (Lipinski definition) is 4. The Morgan fingerprint density at radius 1 is 1.42 bits per heavy atom. The minimum absolute atomic E-state index is 0.175. The molecule has 0 radical (unpaired) electrons. The van der Waals surface area contributed by atoms with Crippen LogP contribution in [0.2, 0.25) is 0 Å². The smallest absolute Gasteiger partial charge is 0.0594 e. The number of thiophene rings is 1. The second kappa shape index (κ2) is 8.69.